The molecule has 0 atom stereocenters. The van der Waals surface area contributed by atoms with E-state index in [-0.39, 0.29) is 0 Å². The van der Waals surface area contributed by atoms with E-state index in [1.807, 2.05) is 0 Å². The minimum atomic E-state index is 0.891. The first-order valence-electron chi connectivity index (χ1n) is 10.0. The fraction of sp³-hybridized carbons (Fsp3) is 0.0370. The lowest BCUT2D eigenvalue weighted by Gasteiger charge is -2.30. The molecule has 6 rings (SSSR count). The van der Waals surface area contributed by atoms with Crippen LogP contribution in [0, 0.1) is 6.92 Å². The molecule has 0 spiro atoms. The Morgan fingerprint density at radius 3 is 2.33 bits per heavy atom. The van der Waals surface area contributed by atoms with Crippen molar-refractivity contribution in [1.29, 1.82) is 0 Å². The van der Waals surface area contributed by atoms with Crippen molar-refractivity contribution < 1.29 is 4.42 Å². The average molecular weight is 406 g/mol. The Bertz CT molecular complexity index is 1390. The van der Waals surface area contributed by atoms with Gasteiger partial charge >= 0.3 is 0 Å². The van der Waals surface area contributed by atoms with Gasteiger partial charge < -0.3 is 4.42 Å². The summed E-state index contributed by atoms with van der Waals surface area (Å²) in [5.74, 6) is 0.891. The Balaban J connectivity index is 1.66. The lowest BCUT2D eigenvalue weighted by atomic mass is 10.0. The van der Waals surface area contributed by atoms with E-state index in [1.165, 1.54) is 31.9 Å². The highest BCUT2D eigenvalue weighted by Crippen LogP contribution is 2.56. The molecule has 30 heavy (non-hydrogen) atoms. The molecule has 1 aromatic heterocycles. The van der Waals surface area contributed by atoms with Crippen molar-refractivity contribution in [2.45, 2.75) is 16.7 Å². The van der Waals surface area contributed by atoms with Crippen molar-refractivity contribution >= 4 is 40.0 Å². The second-order valence-corrected chi connectivity index (χ2v) is 8.58. The van der Waals surface area contributed by atoms with Gasteiger partial charge in [0, 0.05) is 15.8 Å². The number of anilines is 3. The van der Waals surface area contributed by atoms with Gasteiger partial charge in [0.05, 0.1) is 16.3 Å². The molecule has 144 valence electrons. The minimum absolute atomic E-state index is 0.891. The van der Waals surface area contributed by atoms with Gasteiger partial charge in [0.2, 0.25) is 5.88 Å². The van der Waals surface area contributed by atoms with Crippen molar-refractivity contribution in [3.8, 4) is 11.1 Å². The Morgan fingerprint density at radius 2 is 1.47 bits per heavy atom. The molecule has 0 N–H and O–H groups in total. The molecule has 4 aromatic carbocycles. The fourth-order valence-electron chi connectivity index (χ4n) is 4.14. The van der Waals surface area contributed by atoms with Crippen molar-refractivity contribution in [2.75, 3.05) is 4.90 Å². The Morgan fingerprint density at radius 1 is 0.733 bits per heavy atom. The van der Waals surface area contributed by atoms with Gasteiger partial charge in [0.15, 0.2) is 0 Å². The summed E-state index contributed by atoms with van der Waals surface area (Å²) < 4.78 is 6.47. The molecule has 0 amide bonds. The third-order valence-electron chi connectivity index (χ3n) is 5.53. The first kappa shape index (κ1) is 17.4. The fourth-order valence-corrected chi connectivity index (χ4v) is 5.26. The van der Waals surface area contributed by atoms with Crippen LogP contribution in [-0.2, 0) is 0 Å². The Kier molecular flexibility index (Phi) is 3.96. The quantitative estimate of drug-likeness (QED) is 0.288. The first-order chi connectivity index (χ1) is 14.8. The molecule has 3 heteroatoms. The van der Waals surface area contributed by atoms with Gasteiger partial charge in [-0.25, -0.2) is 0 Å². The molecule has 2 heterocycles. The van der Waals surface area contributed by atoms with Gasteiger partial charge in [-0.05, 0) is 42.8 Å². The van der Waals surface area contributed by atoms with Crippen LogP contribution in [0.25, 0.3) is 22.1 Å². The summed E-state index contributed by atoms with van der Waals surface area (Å²) in [5, 5.41) is 1.17. The summed E-state index contributed by atoms with van der Waals surface area (Å²) in [6, 6.07) is 34.1. The summed E-state index contributed by atoms with van der Waals surface area (Å²) in [6.45, 7) is 2.13. The predicted molar refractivity (Wildman–Crippen MR) is 125 cm³/mol. The van der Waals surface area contributed by atoms with Crippen molar-refractivity contribution in [3.05, 3.63) is 103 Å². The van der Waals surface area contributed by atoms with Crippen molar-refractivity contribution in [1.82, 2.24) is 0 Å². The topological polar surface area (TPSA) is 16.4 Å². The van der Waals surface area contributed by atoms with Crippen LogP contribution >= 0.6 is 11.8 Å². The summed E-state index contributed by atoms with van der Waals surface area (Å²) in [6.07, 6.45) is 0. The van der Waals surface area contributed by atoms with E-state index in [1.54, 1.807) is 11.8 Å². The van der Waals surface area contributed by atoms with Crippen LogP contribution in [-0.4, -0.2) is 0 Å². The highest BCUT2D eigenvalue weighted by Gasteiger charge is 2.31. The molecule has 0 saturated heterocycles. The highest BCUT2D eigenvalue weighted by molar-refractivity contribution is 8.00. The zero-order valence-corrected chi connectivity index (χ0v) is 17.3. The molecule has 0 aliphatic carbocycles. The van der Waals surface area contributed by atoms with Gasteiger partial charge in [-0.15, -0.1) is 0 Å². The molecule has 0 unspecified atom stereocenters. The van der Waals surface area contributed by atoms with E-state index in [9.17, 15) is 0 Å². The van der Waals surface area contributed by atoms with Crippen molar-refractivity contribution in [3.63, 3.8) is 0 Å². The minimum Gasteiger partial charge on any atom is -0.439 e. The molecule has 5 aromatic rings. The van der Waals surface area contributed by atoms with E-state index in [0.717, 1.165) is 22.8 Å². The number of hydrogen-bond donors (Lipinski definition) is 0. The highest BCUT2D eigenvalue weighted by atomic mass is 32.2. The van der Waals surface area contributed by atoms with Gasteiger partial charge in [0.1, 0.15) is 5.58 Å². The maximum atomic E-state index is 6.47. The van der Waals surface area contributed by atoms with Crippen LogP contribution in [0.2, 0.25) is 0 Å². The van der Waals surface area contributed by atoms with E-state index in [0.29, 0.717) is 0 Å². The van der Waals surface area contributed by atoms with Crippen LogP contribution in [0.15, 0.2) is 111 Å². The predicted octanol–water partition coefficient (Wildman–Crippen LogP) is 8.34. The smallest absolute Gasteiger partial charge is 0.219 e. The van der Waals surface area contributed by atoms with Crippen LogP contribution < -0.4 is 4.90 Å². The van der Waals surface area contributed by atoms with Gasteiger partial charge in [-0.1, -0.05) is 84.1 Å². The monoisotopic (exact) mass is 405 g/mol. The molecule has 0 saturated carbocycles. The summed E-state index contributed by atoms with van der Waals surface area (Å²) in [4.78, 5) is 4.69. The Labute approximate surface area is 179 Å². The van der Waals surface area contributed by atoms with E-state index in [4.69, 9.17) is 4.42 Å². The molecule has 0 fully saturated rings. The number of hydrogen-bond acceptors (Lipinski definition) is 3. The van der Waals surface area contributed by atoms with Gasteiger partial charge in [-0.3, -0.25) is 4.90 Å². The van der Waals surface area contributed by atoms with Crippen molar-refractivity contribution in [2.24, 2.45) is 0 Å². The van der Waals surface area contributed by atoms with Gasteiger partial charge in [0.25, 0.3) is 0 Å². The number of nitrogens with zero attached hydrogens (tertiary/aromatic N) is 1. The standard InChI is InChI=1S/C27H19NOS/c1-18-15-16-24-21(17-18)26-27(29-24)28(23-13-7-8-14-25(23)30-26)22-12-6-5-11-20(22)19-9-3-2-4-10-19/h2-17H,1H3. The zero-order chi connectivity index (χ0) is 20.1. The molecule has 0 bridgehead atoms. The van der Waals surface area contributed by atoms with E-state index in [2.05, 4.69) is 109 Å². The molecular formula is C27H19NOS. The number of rotatable bonds is 2. The molecule has 0 radical (unpaired) electrons. The molecule has 1 aliphatic rings. The number of furan rings is 1. The molecule has 2 nitrogen and oxygen atoms in total. The lowest BCUT2D eigenvalue weighted by molar-refractivity contribution is 0.612. The first-order valence-corrected chi connectivity index (χ1v) is 10.9. The summed E-state index contributed by atoms with van der Waals surface area (Å²) >= 11 is 1.79. The third-order valence-corrected chi connectivity index (χ3v) is 6.70. The molecular weight excluding hydrogens is 386 g/mol. The number of aryl methyl sites for hydroxylation is 1. The summed E-state index contributed by atoms with van der Waals surface area (Å²) in [5.41, 5.74) is 6.80. The van der Waals surface area contributed by atoms with Crippen LogP contribution in [0.3, 0.4) is 0 Å². The largest absolute Gasteiger partial charge is 0.439 e. The maximum absolute atomic E-state index is 6.47. The zero-order valence-electron chi connectivity index (χ0n) is 16.5. The van der Waals surface area contributed by atoms with E-state index < -0.39 is 0 Å². The number of para-hydroxylation sites is 2. The SMILES string of the molecule is Cc1ccc2oc3c(c2c1)Sc1ccccc1N3c1ccccc1-c1ccccc1. The second kappa shape index (κ2) is 6.82. The van der Waals surface area contributed by atoms with E-state index >= 15 is 0 Å². The third kappa shape index (κ3) is 2.66. The van der Waals surface area contributed by atoms with Crippen LogP contribution in [0.5, 0.6) is 0 Å². The summed E-state index contributed by atoms with van der Waals surface area (Å²) in [7, 11) is 0. The molecule has 1 aliphatic heterocycles. The average Bonchev–Trinajstić information content (AvgIpc) is 3.15. The lowest BCUT2D eigenvalue weighted by Crippen LogP contribution is -2.14. The second-order valence-electron chi connectivity index (χ2n) is 7.52. The Hall–Kier alpha value is -3.43. The van der Waals surface area contributed by atoms with Gasteiger partial charge in [-0.2, -0.15) is 0 Å². The number of fused-ring (bicyclic) bond motifs is 4. The van der Waals surface area contributed by atoms with Crippen LogP contribution in [0.4, 0.5) is 17.3 Å². The normalized spacial score (nSPS) is 12.6. The maximum Gasteiger partial charge on any atom is 0.219 e. The number of benzene rings is 4. The van der Waals surface area contributed by atoms with Crippen LogP contribution in [0.1, 0.15) is 5.56 Å².